The summed E-state index contributed by atoms with van der Waals surface area (Å²) < 4.78 is 0. The summed E-state index contributed by atoms with van der Waals surface area (Å²) in [4.78, 5) is 9.03. The zero-order chi connectivity index (χ0) is 11.1. The van der Waals surface area contributed by atoms with E-state index in [1.54, 1.807) is 0 Å². The third-order valence-corrected chi connectivity index (χ3v) is 3.94. The Morgan fingerprint density at radius 1 is 1.13 bits per heavy atom. The molecular weight excluding hydrogens is 208 g/mol. The van der Waals surface area contributed by atoms with Crippen LogP contribution in [0.1, 0.15) is 49.7 Å². The molecule has 2 rings (SSSR count). The van der Waals surface area contributed by atoms with Crippen molar-refractivity contribution in [2.24, 2.45) is 0 Å². The van der Waals surface area contributed by atoms with Gasteiger partial charge in [-0.2, -0.15) is 0 Å². The largest absolute Gasteiger partial charge is 0.237 e. The van der Waals surface area contributed by atoms with E-state index in [1.807, 2.05) is 13.8 Å². The summed E-state index contributed by atoms with van der Waals surface area (Å²) in [6, 6.07) is 0. The van der Waals surface area contributed by atoms with Crippen LogP contribution in [0.4, 0.5) is 0 Å². The third kappa shape index (κ3) is 1.87. The van der Waals surface area contributed by atoms with Gasteiger partial charge in [0.25, 0.3) is 0 Å². The standard InChI is InChI=1S/C12H17ClN2/c1-8-9(2)14-11(15-10(8)13)12(3)6-4-5-7-12/h4-7H2,1-3H3. The zero-order valence-corrected chi connectivity index (χ0v) is 10.4. The topological polar surface area (TPSA) is 25.8 Å². The van der Waals surface area contributed by atoms with Crippen molar-refractivity contribution in [1.82, 2.24) is 9.97 Å². The maximum Gasteiger partial charge on any atom is 0.136 e. The molecule has 1 fully saturated rings. The van der Waals surface area contributed by atoms with Crippen LogP contribution >= 0.6 is 11.6 Å². The van der Waals surface area contributed by atoms with Crippen molar-refractivity contribution in [1.29, 1.82) is 0 Å². The van der Waals surface area contributed by atoms with E-state index in [0.29, 0.717) is 5.15 Å². The molecule has 1 aromatic heterocycles. The summed E-state index contributed by atoms with van der Waals surface area (Å²) in [5.41, 5.74) is 2.17. The lowest BCUT2D eigenvalue weighted by Gasteiger charge is -2.22. The molecule has 0 saturated heterocycles. The van der Waals surface area contributed by atoms with Gasteiger partial charge in [0.15, 0.2) is 0 Å². The molecular formula is C12H17ClN2. The molecule has 1 saturated carbocycles. The molecule has 1 aliphatic carbocycles. The summed E-state index contributed by atoms with van der Waals surface area (Å²) in [6.07, 6.45) is 4.94. The van der Waals surface area contributed by atoms with Gasteiger partial charge < -0.3 is 0 Å². The molecule has 0 amide bonds. The van der Waals surface area contributed by atoms with E-state index in [9.17, 15) is 0 Å². The molecule has 0 radical (unpaired) electrons. The fourth-order valence-electron chi connectivity index (χ4n) is 2.24. The highest BCUT2D eigenvalue weighted by Crippen LogP contribution is 2.39. The Hall–Kier alpha value is -0.630. The maximum atomic E-state index is 6.11. The third-order valence-electron chi connectivity index (χ3n) is 3.58. The first kappa shape index (κ1) is 10.9. The molecule has 0 bridgehead atoms. The highest BCUT2D eigenvalue weighted by Gasteiger charge is 2.33. The lowest BCUT2D eigenvalue weighted by atomic mass is 9.88. The summed E-state index contributed by atoms with van der Waals surface area (Å²) >= 11 is 6.11. The van der Waals surface area contributed by atoms with Gasteiger partial charge in [0.1, 0.15) is 11.0 Å². The molecule has 82 valence electrons. The van der Waals surface area contributed by atoms with Crippen LogP contribution in [0.25, 0.3) is 0 Å². The molecule has 2 nitrogen and oxygen atoms in total. The summed E-state index contributed by atoms with van der Waals surface area (Å²) in [5, 5.41) is 0.616. The minimum atomic E-state index is 0.155. The Labute approximate surface area is 96.1 Å². The van der Waals surface area contributed by atoms with Crippen molar-refractivity contribution in [3.8, 4) is 0 Å². The Morgan fingerprint density at radius 3 is 2.27 bits per heavy atom. The highest BCUT2D eigenvalue weighted by molar-refractivity contribution is 6.30. The van der Waals surface area contributed by atoms with Crippen molar-refractivity contribution in [3.05, 3.63) is 22.2 Å². The quantitative estimate of drug-likeness (QED) is 0.682. The maximum absolute atomic E-state index is 6.11. The molecule has 0 aliphatic heterocycles. The Morgan fingerprint density at radius 2 is 1.73 bits per heavy atom. The predicted octanol–water partition coefficient (Wildman–Crippen LogP) is 3.58. The minimum absolute atomic E-state index is 0.155. The van der Waals surface area contributed by atoms with E-state index in [2.05, 4.69) is 16.9 Å². The van der Waals surface area contributed by atoms with Gasteiger partial charge in [0.2, 0.25) is 0 Å². The van der Waals surface area contributed by atoms with Crippen molar-refractivity contribution >= 4 is 11.6 Å². The number of aryl methyl sites for hydroxylation is 1. The highest BCUT2D eigenvalue weighted by atomic mass is 35.5. The minimum Gasteiger partial charge on any atom is -0.237 e. The average Bonchev–Trinajstić information content (AvgIpc) is 2.62. The van der Waals surface area contributed by atoms with Crippen LogP contribution in [0.3, 0.4) is 0 Å². The first-order valence-corrected chi connectivity index (χ1v) is 5.92. The molecule has 0 aromatic carbocycles. The fourth-order valence-corrected chi connectivity index (χ4v) is 2.46. The lowest BCUT2D eigenvalue weighted by Crippen LogP contribution is -2.21. The second-order valence-electron chi connectivity index (χ2n) is 4.82. The second kappa shape index (κ2) is 3.75. The monoisotopic (exact) mass is 224 g/mol. The van der Waals surface area contributed by atoms with Crippen LogP contribution < -0.4 is 0 Å². The van der Waals surface area contributed by atoms with Gasteiger partial charge in [-0.25, -0.2) is 9.97 Å². The molecule has 3 heteroatoms. The van der Waals surface area contributed by atoms with Gasteiger partial charge in [-0.3, -0.25) is 0 Å². The van der Waals surface area contributed by atoms with Gasteiger partial charge in [0, 0.05) is 16.7 Å². The molecule has 1 aromatic rings. The number of aromatic nitrogens is 2. The van der Waals surface area contributed by atoms with Gasteiger partial charge in [0.05, 0.1) is 0 Å². The molecule has 0 unspecified atom stereocenters. The van der Waals surface area contributed by atoms with E-state index in [4.69, 9.17) is 11.6 Å². The van der Waals surface area contributed by atoms with Gasteiger partial charge in [-0.1, -0.05) is 31.4 Å². The normalized spacial score (nSPS) is 19.5. The van der Waals surface area contributed by atoms with Crippen molar-refractivity contribution < 1.29 is 0 Å². The number of nitrogens with zero attached hydrogens (tertiary/aromatic N) is 2. The second-order valence-corrected chi connectivity index (χ2v) is 5.17. The SMILES string of the molecule is Cc1nc(C2(C)CCCC2)nc(Cl)c1C. The fraction of sp³-hybridized carbons (Fsp3) is 0.667. The van der Waals surface area contributed by atoms with E-state index in [0.717, 1.165) is 17.1 Å². The molecule has 1 aliphatic rings. The smallest absolute Gasteiger partial charge is 0.136 e. The zero-order valence-electron chi connectivity index (χ0n) is 9.60. The van der Waals surface area contributed by atoms with Crippen molar-refractivity contribution in [2.75, 3.05) is 0 Å². The van der Waals surface area contributed by atoms with Crippen LogP contribution in [0, 0.1) is 13.8 Å². The Balaban J connectivity index is 2.45. The van der Waals surface area contributed by atoms with Crippen molar-refractivity contribution in [3.63, 3.8) is 0 Å². The summed E-state index contributed by atoms with van der Waals surface area (Å²) in [5.74, 6) is 0.938. The Bertz CT molecular complexity index is 358. The van der Waals surface area contributed by atoms with E-state index in [-0.39, 0.29) is 5.41 Å². The molecule has 15 heavy (non-hydrogen) atoms. The van der Waals surface area contributed by atoms with Gasteiger partial charge in [-0.05, 0) is 26.7 Å². The average molecular weight is 225 g/mol. The van der Waals surface area contributed by atoms with Gasteiger partial charge in [-0.15, -0.1) is 0 Å². The predicted molar refractivity (Wildman–Crippen MR) is 62.3 cm³/mol. The van der Waals surface area contributed by atoms with Crippen molar-refractivity contribution in [2.45, 2.75) is 51.9 Å². The van der Waals surface area contributed by atoms with Crippen LogP contribution in [-0.2, 0) is 5.41 Å². The van der Waals surface area contributed by atoms with E-state index in [1.165, 1.54) is 25.7 Å². The number of rotatable bonds is 1. The first-order valence-electron chi connectivity index (χ1n) is 5.54. The number of hydrogen-bond donors (Lipinski definition) is 0. The summed E-state index contributed by atoms with van der Waals surface area (Å²) in [6.45, 7) is 6.23. The molecule has 0 N–H and O–H groups in total. The molecule has 0 atom stereocenters. The van der Waals surface area contributed by atoms with E-state index < -0.39 is 0 Å². The van der Waals surface area contributed by atoms with E-state index >= 15 is 0 Å². The summed E-state index contributed by atoms with van der Waals surface area (Å²) in [7, 11) is 0. The lowest BCUT2D eigenvalue weighted by molar-refractivity contribution is 0.457. The van der Waals surface area contributed by atoms with Crippen LogP contribution in [0.5, 0.6) is 0 Å². The van der Waals surface area contributed by atoms with Gasteiger partial charge >= 0.3 is 0 Å². The van der Waals surface area contributed by atoms with Crippen LogP contribution in [0.15, 0.2) is 0 Å². The number of halogens is 1. The first-order chi connectivity index (χ1) is 7.03. The van der Waals surface area contributed by atoms with Crippen LogP contribution in [-0.4, -0.2) is 9.97 Å². The molecule has 0 spiro atoms. The number of hydrogen-bond acceptors (Lipinski definition) is 2. The van der Waals surface area contributed by atoms with Crippen LogP contribution in [0.2, 0.25) is 5.15 Å². The Kier molecular flexibility index (Phi) is 2.72. The molecule has 1 heterocycles.